The van der Waals surface area contributed by atoms with E-state index in [2.05, 4.69) is 16.5 Å². The molecule has 0 atom stereocenters. The van der Waals surface area contributed by atoms with Gasteiger partial charge in [0.1, 0.15) is 5.75 Å². The molecule has 0 fully saturated rings. The molecule has 0 unspecified atom stereocenters. The lowest BCUT2D eigenvalue weighted by Gasteiger charge is -2.15. The van der Waals surface area contributed by atoms with Gasteiger partial charge in [0.05, 0.1) is 31.6 Å². The highest BCUT2D eigenvalue weighted by atomic mass is 35.5. The lowest BCUT2D eigenvalue weighted by atomic mass is 10.2. The third-order valence-corrected chi connectivity index (χ3v) is 5.72. The summed E-state index contributed by atoms with van der Waals surface area (Å²) in [6.07, 6.45) is 4.86. The van der Waals surface area contributed by atoms with Gasteiger partial charge in [0, 0.05) is 22.9 Å². The first-order valence-corrected chi connectivity index (χ1v) is 10.0. The standard InChI is InChI=1S/C19H21ClN4O2S/c1-3-4-8-24-15-11-26-9-7-17(15)27-19(24)23-18(22-12-21)14-10-13(20)5-6-16(14)25-2/h5-6,10H,3-4,7-9,11H2,1-2H3/b22-18?,23-19-. The number of ether oxygens (including phenoxy) is 2. The molecule has 0 radical (unpaired) electrons. The van der Waals surface area contributed by atoms with E-state index in [4.69, 9.17) is 26.1 Å². The zero-order valence-electron chi connectivity index (χ0n) is 15.4. The van der Waals surface area contributed by atoms with Crippen LogP contribution in [-0.4, -0.2) is 24.1 Å². The number of methoxy groups -OCH3 is 1. The number of aromatic nitrogens is 1. The molecule has 0 bridgehead atoms. The van der Waals surface area contributed by atoms with Crippen molar-refractivity contribution in [3.8, 4) is 11.9 Å². The number of rotatable bonds is 5. The van der Waals surface area contributed by atoms with Crippen molar-refractivity contribution in [2.45, 2.75) is 39.3 Å². The van der Waals surface area contributed by atoms with Crippen molar-refractivity contribution in [1.82, 2.24) is 4.57 Å². The fourth-order valence-electron chi connectivity index (χ4n) is 2.95. The van der Waals surface area contributed by atoms with Crippen molar-refractivity contribution in [3.05, 3.63) is 44.2 Å². The Kier molecular flexibility index (Phi) is 6.67. The summed E-state index contributed by atoms with van der Waals surface area (Å²) in [6.45, 7) is 4.33. The highest BCUT2D eigenvalue weighted by molar-refractivity contribution is 7.09. The number of hydrogen-bond donors (Lipinski definition) is 0. The highest BCUT2D eigenvalue weighted by Crippen LogP contribution is 2.25. The van der Waals surface area contributed by atoms with Crippen LogP contribution in [0.5, 0.6) is 5.75 Å². The maximum atomic E-state index is 9.19. The number of aliphatic imine (C=N–C) groups is 1. The Hall–Kier alpha value is -2.14. The average molecular weight is 405 g/mol. The van der Waals surface area contributed by atoms with Crippen LogP contribution < -0.4 is 9.54 Å². The summed E-state index contributed by atoms with van der Waals surface area (Å²) in [5.41, 5.74) is 1.77. The van der Waals surface area contributed by atoms with E-state index < -0.39 is 0 Å². The van der Waals surface area contributed by atoms with Gasteiger partial charge in [-0.05, 0) is 24.6 Å². The number of unbranched alkanes of at least 4 members (excludes halogenated alkanes) is 1. The second kappa shape index (κ2) is 9.18. The molecule has 0 spiro atoms. The molecule has 27 heavy (non-hydrogen) atoms. The molecule has 3 rings (SSSR count). The van der Waals surface area contributed by atoms with Gasteiger partial charge in [-0.3, -0.25) is 0 Å². The van der Waals surface area contributed by atoms with Crippen molar-refractivity contribution >= 4 is 28.8 Å². The van der Waals surface area contributed by atoms with Gasteiger partial charge in [0.2, 0.25) is 6.19 Å². The molecule has 8 heteroatoms. The van der Waals surface area contributed by atoms with E-state index in [0.717, 1.165) is 37.2 Å². The molecule has 2 heterocycles. The van der Waals surface area contributed by atoms with Crippen LogP contribution in [0.15, 0.2) is 28.2 Å². The zero-order chi connectivity index (χ0) is 19.2. The molecule has 1 aliphatic heterocycles. The van der Waals surface area contributed by atoms with Gasteiger partial charge in [-0.2, -0.15) is 15.2 Å². The Labute approximate surface area is 167 Å². The summed E-state index contributed by atoms with van der Waals surface area (Å²) in [4.78, 5) is 10.8. The summed E-state index contributed by atoms with van der Waals surface area (Å²) in [5, 5.41) is 9.72. The molecular formula is C19H21ClN4O2S. The van der Waals surface area contributed by atoms with Crippen LogP contribution in [0.1, 0.15) is 35.9 Å². The van der Waals surface area contributed by atoms with Gasteiger partial charge in [0.15, 0.2) is 10.6 Å². The first-order chi connectivity index (χ1) is 13.2. The van der Waals surface area contributed by atoms with Gasteiger partial charge in [-0.15, -0.1) is 11.3 Å². The zero-order valence-corrected chi connectivity index (χ0v) is 16.9. The predicted molar refractivity (Wildman–Crippen MR) is 106 cm³/mol. The van der Waals surface area contributed by atoms with Crippen LogP contribution in [0.4, 0.5) is 0 Å². The molecule has 0 saturated heterocycles. The Bertz CT molecular complexity index is 956. The summed E-state index contributed by atoms with van der Waals surface area (Å²) in [6, 6.07) is 5.20. The Morgan fingerprint density at radius 2 is 2.33 bits per heavy atom. The van der Waals surface area contributed by atoms with Gasteiger partial charge in [0.25, 0.3) is 0 Å². The molecule has 1 aromatic heterocycles. The minimum absolute atomic E-state index is 0.293. The first kappa shape index (κ1) is 19.6. The van der Waals surface area contributed by atoms with Gasteiger partial charge in [-0.1, -0.05) is 24.9 Å². The van der Waals surface area contributed by atoms with Gasteiger partial charge < -0.3 is 14.0 Å². The van der Waals surface area contributed by atoms with E-state index in [9.17, 15) is 5.26 Å². The van der Waals surface area contributed by atoms with Crippen LogP contribution in [0.2, 0.25) is 5.02 Å². The van der Waals surface area contributed by atoms with Crippen molar-refractivity contribution in [2.75, 3.05) is 13.7 Å². The van der Waals surface area contributed by atoms with Crippen molar-refractivity contribution < 1.29 is 9.47 Å². The number of thiazole rings is 1. The van der Waals surface area contributed by atoms with Gasteiger partial charge >= 0.3 is 0 Å². The molecule has 142 valence electrons. The van der Waals surface area contributed by atoms with Crippen molar-refractivity contribution in [3.63, 3.8) is 0 Å². The maximum absolute atomic E-state index is 9.19. The second-order valence-corrected chi connectivity index (χ2v) is 7.55. The van der Waals surface area contributed by atoms with E-state index in [1.54, 1.807) is 36.6 Å². The van der Waals surface area contributed by atoms with Crippen LogP contribution in [-0.2, 0) is 24.3 Å². The van der Waals surface area contributed by atoms with Crippen LogP contribution in [0.25, 0.3) is 0 Å². The fraction of sp³-hybridized carbons (Fsp3) is 0.421. The summed E-state index contributed by atoms with van der Waals surface area (Å²) in [7, 11) is 1.57. The quantitative estimate of drug-likeness (QED) is 0.431. The monoisotopic (exact) mass is 404 g/mol. The first-order valence-electron chi connectivity index (χ1n) is 8.82. The number of amidine groups is 1. The number of halogens is 1. The van der Waals surface area contributed by atoms with Crippen LogP contribution in [0.3, 0.4) is 0 Å². The molecule has 1 aromatic carbocycles. The van der Waals surface area contributed by atoms with E-state index in [0.29, 0.717) is 28.8 Å². The number of nitrogens with zero attached hydrogens (tertiary/aromatic N) is 4. The molecule has 0 amide bonds. The highest BCUT2D eigenvalue weighted by Gasteiger charge is 2.19. The normalized spacial score (nSPS) is 14.7. The summed E-state index contributed by atoms with van der Waals surface area (Å²) in [5.74, 6) is 0.864. The topological polar surface area (TPSA) is 71.9 Å². The number of hydrogen-bond acceptors (Lipinski definition) is 5. The average Bonchev–Trinajstić information content (AvgIpc) is 3.03. The fourth-order valence-corrected chi connectivity index (χ4v) is 4.25. The van der Waals surface area contributed by atoms with Crippen molar-refractivity contribution in [2.24, 2.45) is 9.98 Å². The Morgan fingerprint density at radius 3 is 3.07 bits per heavy atom. The SMILES string of the molecule is CCCCn1c2c(s/c1=N\C(=NC#N)c1cc(Cl)ccc1OC)CCOC2. The number of fused-ring (bicyclic) bond motifs is 1. The third-order valence-electron chi connectivity index (χ3n) is 4.30. The second-order valence-electron chi connectivity index (χ2n) is 6.05. The Balaban J connectivity index is 2.15. The van der Waals surface area contributed by atoms with Crippen LogP contribution >= 0.6 is 22.9 Å². The Morgan fingerprint density at radius 1 is 1.48 bits per heavy atom. The van der Waals surface area contributed by atoms with Crippen LogP contribution in [0, 0.1) is 11.5 Å². The molecule has 0 N–H and O–H groups in total. The maximum Gasteiger partial charge on any atom is 0.207 e. The largest absolute Gasteiger partial charge is 0.496 e. The summed E-state index contributed by atoms with van der Waals surface area (Å²) >= 11 is 7.78. The van der Waals surface area contributed by atoms with E-state index in [1.807, 2.05) is 6.19 Å². The molecule has 2 aromatic rings. The molecule has 0 saturated carbocycles. The molecule has 6 nitrogen and oxygen atoms in total. The van der Waals surface area contributed by atoms with E-state index >= 15 is 0 Å². The summed E-state index contributed by atoms with van der Waals surface area (Å²) < 4.78 is 13.2. The number of benzene rings is 1. The molecule has 0 aliphatic carbocycles. The smallest absolute Gasteiger partial charge is 0.207 e. The minimum Gasteiger partial charge on any atom is -0.496 e. The minimum atomic E-state index is 0.293. The van der Waals surface area contributed by atoms with Crippen molar-refractivity contribution in [1.29, 1.82) is 5.26 Å². The third kappa shape index (κ3) is 4.41. The van der Waals surface area contributed by atoms with Gasteiger partial charge in [-0.25, -0.2) is 0 Å². The lowest BCUT2D eigenvalue weighted by Crippen LogP contribution is -2.21. The molecular weight excluding hydrogens is 384 g/mol. The number of nitriles is 1. The van der Waals surface area contributed by atoms with E-state index in [1.165, 1.54) is 10.6 Å². The lowest BCUT2D eigenvalue weighted by molar-refractivity contribution is 0.105. The van der Waals surface area contributed by atoms with E-state index in [-0.39, 0.29) is 0 Å². The molecule has 1 aliphatic rings. The predicted octanol–water partition coefficient (Wildman–Crippen LogP) is 3.91.